The first-order chi connectivity index (χ1) is 5.70. The van der Waals surface area contributed by atoms with Crippen molar-refractivity contribution in [1.29, 1.82) is 0 Å². The molecule has 0 N–H and O–H groups in total. The molecule has 0 aromatic rings. The first kappa shape index (κ1) is 10.0. The van der Waals surface area contributed by atoms with Crippen molar-refractivity contribution in [2.75, 3.05) is 13.2 Å². The molecule has 0 amide bonds. The predicted octanol–water partition coefficient (Wildman–Crippen LogP) is 3.10. The molecule has 12 heavy (non-hydrogen) atoms. The van der Waals surface area contributed by atoms with Crippen LogP contribution in [-0.4, -0.2) is 13.2 Å². The molecule has 72 valence electrons. The van der Waals surface area contributed by atoms with Crippen LogP contribution in [0, 0.1) is 17.8 Å². The lowest BCUT2D eigenvalue weighted by atomic mass is 9.84. The van der Waals surface area contributed by atoms with Crippen LogP contribution in [0.25, 0.3) is 0 Å². The van der Waals surface area contributed by atoms with E-state index in [1.165, 1.54) is 19.3 Å². The maximum Gasteiger partial charge on any atom is 0.0468 e. The van der Waals surface area contributed by atoms with Crippen LogP contribution in [0.2, 0.25) is 0 Å². The highest BCUT2D eigenvalue weighted by Gasteiger charge is 2.18. The summed E-state index contributed by atoms with van der Waals surface area (Å²) in [5.41, 5.74) is 0. The molecule has 1 atom stereocenters. The van der Waals surface area contributed by atoms with Gasteiger partial charge < -0.3 is 4.74 Å². The van der Waals surface area contributed by atoms with Crippen LogP contribution in [0.4, 0.5) is 0 Å². The van der Waals surface area contributed by atoms with Crippen molar-refractivity contribution in [3.8, 4) is 0 Å². The highest BCUT2D eigenvalue weighted by molar-refractivity contribution is 4.68. The van der Waals surface area contributed by atoms with E-state index >= 15 is 0 Å². The molecule has 1 aliphatic heterocycles. The molecular formula is C11H22O. The normalized spacial score (nSPS) is 23.0. The first-order valence-electron chi connectivity index (χ1n) is 5.28. The van der Waals surface area contributed by atoms with E-state index < -0.39 is 0 Å². The molecule has 1 fully saturated rings. The summed E-state index contributed by atoms with van der Waals surface area (Å²) >= 11 is 0. The van der Waals surface area contributed by atoms with Crippen molar-refractivity contribution < 1.29 is 4.74 Å². The van der Waals surface area contributed by atoms with Gasteiger partial charge in [-0.05, 0) is 37.0 Å². The van der Waals surface area contributed by atoms with Gasteiger partial charge in [-0.25, -0.2) is 0 Å². The van der Waals surface area contributed by atoms with Gasteiger partial charge in [0.15, 0.2) is 0 Å². The fourth-order valence-corrected chi connectivity index (χ4v) is 1.78. The second-order valence-electron chi connectivity index (χ2n) is 4.51. The fraction of sp³-hybridized carbons (Fsp3) is 1.00. The molecule has 0 bridgehead atoms. The molecule has 0 radical (unpaired) electrons. The van der Waals surface area contributed by atoms with Gasteiger partial charge in [0.25, 0.3) is 0 Å². The molecule has 0 aromatic carbocycles. The predicted molar refractivity (Wildman–Crippen MR) is 52.2 cm³/mol. The van der Waals surface area contributed by atoms with Crippen molar-refractivity contribution in [2.24, 2.45) is 17.8 Å². The summed E-state index contributed by atoms with van der Waals surface area (Å²) in [5.74, 6) is 2.66. The largest absolute Gasteiger partial charge is 0.381 e. The van der Waals surface area contributed by atoms with Crippen LogP contribution in [-0.2, 0) is 4.74 Å². The van der Waals surface area contributed by atoms with Crippen molar-refractivity contribution in [1.82, 2.24) is 0 Å². The minimum absolute atomic E-state index is 0.841. The van der Waals surface area contributed by atoms with Gasteiger partial charge in [-0.3, -0.25) is 0 Å². The molecule has 1 unspecified atom stereocenters. The van der Waals surface area contributed by atoms with Crippen LogP contribution >= 0.6 is 0 Å². The van der Waals surface area contributed by atoms with E-state index in [0.717, 1.165) is 31.0 Å². The van der Waals surface area contributed by atoms with E-state index in [1.807, 2.05) is 0 Å². The molecule has 0 aromatic heterocycles. The second kappa shape index (κ2) is 4.86. The Hall–Kier alpha value is -0.0400. The molecule has 1 nitrogen and oxygen atoms in total. The zero-order chi connectivity index (χ0) is 8.97. The zero-order valence-electron chi connectivity index (χ0n) is 8.68. The van der Waals surface area contributed by atoms with Gasteiger partial charge in [0, 0.05) is 13.2 Å². The summed E-state index contributed by atoms with van der Waals surface area (Å²) < 4.78 is 5.34. The third kappa shape index (κ3) is 3.14. The lowest BCUT2D eigenvalue weighted by Gasteiger charge is -2.26. The SMILES string of the molecule is CC(C)C(C)CC1CCOCC1. The summed E-state index contributed by atoms with van der Waals surface area (Å²) in [4.78, 5) is 0. The molecule has 1 heterocycles. The second-order valence-corrected chi connectivity index (χ2v) is 4.51. The molecule has 0 spiro atoms. The Balaban J connectivity index is 2.20. The van der Waals surface area contributed by atoms with Crippen LogP contribution in [0.1, 0.15) is 40.0 Å². The minimum atomic E-state index is 0.841. The number of hydrogen-bond donors (Lipinski definition) is 0. The van der Waals surface area contributed by atoms with E-state index in [4.69, 9.17) is 4.74 Å². The quantitative estimate of drug-likeness (QED) is 0.632. The summed E-state index contributed by atoms with van der Waals surface area (Å²) in [5, 5.41) is 0. The Kier molecular flexibility index (Phi) is 4.07. The number of hydrogen-bond acceptors (Lipinski definition) is 1. The molecule has 1 aliphatic rings. The van der Waals surface area contributed by atoms with Crippen LogP contribution in [0.3, 0.4) is 0 Å². The summed E-state index contributed by atoms with van der Waals surface area (Å²) in [6.45, 7) is 9.01. The van der Waals surface area contributed by atoms with Crippen LogP contribution in [0.15, 0.2) is 0 Å². The van der Waals surface area contributed by atoms with E-state index in [1.54, 1.807) is 0 Å². The highest BCUT2D eigenvalue weighted by Crippen LogP contribution is 2.26. The molecular weight excluding hydrogens is 148 g/mol. The molecule has 1 saturated heterocycles. The fourth-order valence-electron chi connectivity index (χ4n) is 1.78. The van der Waals surface area contributed by atoms with E-state index in [-0.39, 0.29) is 0 Å². The Bertz CT molecular complexity index is 114. The van der Waals surface area contributed by atoms with Crippen LogP contribution in [0.5, 0.6) is 0 Å². The molecule has 0 saturated carbocycles. The number of ether oxygens (including phenoxy) is 1. The maximum absolute atomic E-state index is 5.34. The van der Waals surface area contributed by atoms with Gasteiger partial charge in [-0.2, -0.15) is 0 Å². The van der Waals surface area contributed by atoms with E-state index in [2.05, 4.69) is 20.8 Å². The summed E-state index contributed by atoms with van der Waals surface area (Å²) in [6, 6.07) is 0. The lowest BCUT2D eigenvalue weighted by molar-refractivity contribution is 0.0570. The molecule has 1 heteroatoms. The van der Waals surface area contributed by atoms with Crippen molar-refractivity contribution in [3.63, 3.8) is 0 Å². The zero-order valence-corrected chi connectivity index (χ0v) is 8.68. The van der Waals surface area contributed by atoms with Crippen LogP contribution < -0.4 is 0 Å². The number of rotatable bonds is 3. The van der Waals surface area contributed by atoms with E-state index in [0.29, 0.717) is 0 Å². The van der Waals surface area contributed by atoms with E-state index in [9.17, 15) is 0 Å². The minimum Gasteiger partial charge on any atom is -0.381 e. The van der Waals surface area contributed by atoms with Crippen molar-refractivity contribution >= 4 is 0 Å². The van der Waals surface area contributed by atoms with Gasteiger partial charge in [-0.15, -0.1) is 0 Å². The van der Waals surface area contributed by atoms with Gasteiger partial charge in [-0.1, -0.05) is 20.8 Å². The van der Waals surface area contributed by atoms with Gasteiger partial charge in [0.1, 0.15) is 0 Å². The third-order valence-corrected chi connectivity index (χ3v) is 3.18. The third-order valence-electron chi connectivity index (χ3n) is 3.18. The maximum atomic E-state index is 5.34. The van der Waals surface area contributed by atoms with Crippen molar-refractivity contribution in [2.45, 2.75) is 40.0 Å². The summed E-state index contributed by atoms with van der Waals surface area (Å²) in [7, 11) is 0. The monoisotopic (exact) mass is 170 g/mol. The molecule has 0 aliphatic carbocycles. The summed E-state index contributed by atoms with van der Waals surface area (Å²) in [6.07, 6.45) is 3.98. The average molecular weight is 170 g/mol. The Morgan fingerprint density at radius 3 is 2.25 bits per heavy atom. The lowest BCUT2D eigenvalue weighted by Crippen LogP contribution is -2.19. The smallest absolute Gasteiger partial charge is 0.0468 e. The average Bonchev–Trinajstić information content (AvgIpc) is 2.06. The Labute approximate surface area is 76.5 Å². The molecule has 1 rings (SSSR count). The van der Waals surface area contributed by atoms with Gasteiger partial charge >= 0.3 is 0 Å². The van der Waals surface area contributed by atoms with Gasteiger partial charge in [0.2, 0.25) is 0 Å². The Morgan fingerprint density at radius 1 is 1.17 bits per heavy atom. The first-order valence-corrected chi connectivity index (χ1v) is 5.28. The standard InChI is InChI=1S/C11H22O/c1-9(2)10(3)8-11-4-6-12-7-5-11/h9-11H,4-8H2,1-3H3. The van der Waals surface area contributed by atoms with Gasteiger partial charge in [0.05, 0.1) is 0 Å². The Morgan fingerprint density at radius 2 is 1.75 bits per heavy atom. The highest BCUT2D eigenvalue weighted by atomic mass is 16.5. The van der Waals surface area contributed by atoms with Crippen molar-refractivity contribution in [3.05, 3.63) is 0 Å². The topological polar surface area (TPSA) is 9.23 Å².